The number of hydrogen-bond donors (Lipinski definition) is 2. The van der Waals surface area contributed by atoms with Crippen LogP contribution in [-0.4, -0.2) is 44.9 Å². The zero-order chi connectivity index (χ0) is 41.4. The first-order chi connectivity index (χ1) is 27.7. The standard InChI is InChI=1S/2C24H26N2O3/c2*1-4-22(27)21-10-16(23(28)11-15-8-13(15)2)9-20(25-21)14(3)17-6-5-7-19-18(17)12-24(29)26-19/h2*5-7,9-10,13-15H,4,8,11-12H2,1-3H3,(H,26,29)/t2*13-,14?,15+/m00/s1. The van der Waals surface area contributed by atoms with Crippen LogP contribution in [0.25, 0.3) is 0 Å². The van der Waals surface area contributed by atoms with Crippen molar-refractivity contribution in [2.45, 2.75) is 105 Å². The summed E-state index contributed by atoms with van der Waals surface area (Å²) in [6.45, 7) is 11.9. The average molecular weight is 781 g/mol. The third kappa shape index (κ3) is 8.76. The van der Waals surface area contributed by atoms with Crippen LogP contribution in [0.4, 0.5) is 11.4 Å². The van der Waals surface area contributed by atoms with E-state index < -0.39 is 0 Å². The Bertz CT molecular complexity index is 2190. The van der Waals surface area contributed by atoms with Gasteiger partial charge in [0.15, 0.2) is 23.1 Å². The fourth-order valence-electron chi connectivity index (χ4n) is 8.27. The number of aromatic nitrogens is 2. The number of ketones is 4. The maximum Gasteiger partial charge on any atom is 0.228 e. The van der Waals surface area contributed by atoms with Gasteiger partial charge in [-0.05, 0) is 95.2 Å². The van der Waals surface area contributed by atoms with Gasteiger partial charge in [0.2, 0.25) is 11.8 Å². The van der Waals surface area contributed by atoms with E-state index in [0.717, 1.165) is 46.5 Å². The number of carbonyl (C=O) groups is 6. The van der Waals surface area contributed by atoms with Crippen LogP contribution in [0.1, 0.15) is 167 Å². The summed E-state index contributed by atoms with van der Waals surface area (Å²) >= 11 is 0. The zero-order valence-electron chi connectivity index (χ0n) is 34.2. The number of nitrogens with zero attached hydrogens (tertiary/aromatic N) is 2. The minimum atomic E-state index is -0.131. The van der Waals surface area contributed by atoms with E-state index in [0.29, 0.717) is 96.1 Å². The molecule has 2 aliphatic heterocycles. The van der Waals surface area contributed by atoms with Gasteiger partial charge in [0, 0.05) is 71.4 Å². The molecule has 0 radical (unpaired) electrons. The lowest BCUT2D eigenvalue weighted by Crippen LogP contribution is -2.11. The Labute approximate surface area is 340 Å². The predicted molar refractivity (Wildman–Crippen MR) is 223 cm³/mol. The fourth-order valence-corrected chi connectivity index (χ4v) is 8.27. The SMILES string of the molecule is CCC(=O)c1cc(C(=O)C[C@H]2C[C@@H]2C)cc(C(C)c2cccc3c2CC(=O)N3)n1.CCC(=O)c1cc(C(=O)C[C@H]2C[C@@H]2C)cc(C(C)c2cccc3c2CC(=O)N3)n1. The van der Waals surface area contributed by atoms with Crippen molar-refractivity contribution >= 4 is 46.3 Å². The fraction of sp³-hybridized carbons (Fsp3) is 0.417. The number of carbonyl (C=O) groups excluding carboxylic acids is 6. The van der Waals surface area contributed by atoms with Crippen molar-refractivity contribution in [3.05, 3.63) is 117 Å². The summed E-state index contributed by atoms with van der Waals surface area (Å²) in [5.74, 6) is 1.85. The Morgan fingerprint density at radius 1 is 0.621 bits per heavy atom. The van der Waals surface area contributed by atoms with E-state index in [9.17, 15) is 28.8 Å². The van der Waals surface area contributed by atoms with Crippen LogP contribution < -0.4 is 10.6 Å². The van der Waals surface area contributed by atoms with Crippen LogP contribution in [0, 0.1) is 23.7 Å². The molecule has 2 unspecified atom stereocenters. The molecule has 300 valence electrons. The molecule has 0 bridgehead atoms. The Morgan fingerprint density at radius 2 is 1.00 bits per heavy atom. The smallest absolute Gasteiger partial charge is 0.228 e. The second-order valence-electron chi connectivity index (χ2n) is 16.7. The molecule has 0 saturated heterocycles. The van der Waals surface area contributed by atoms with Gasteiger partial charge in [-0.25, -0.2) is 9.97 Å². The Kier molecular flexibility index (Phi) is 11.7. The highest BCUT2D eigenvalue weighted by Gasteiger charge is 2.36. The molecule has 58 heavy (non-hydrogen) atoms. The van der Waals surface area contributed by atoms with Crippen molar-refractivity contribution in [1.82, 2.24) is 9.97 Å². The summed E-state index contributed by atoms with van der Waals surface area (Å²) in [6.07, 6.45) is 4.62. The molecule has 10 heteroatoms. The average Bonchev–Trinajstić information content (AvgIpc) is 3.99. The minimum Gasteiger partial charge on any atom is -0.326 e. The van der Waals surface area contributed by atoms with Gasteiger partial charge in [0.25, 0.3) is 0 Å². The Hall–Kier alpha value is -5.64. The summed E-state index contributed by atoms with van der Waals surface area (Å²) in [7, 11) is 0. The van der Waals surface area contributed by atoms with Gasteiger partial charge < -0.3 is 10.6 Å². The number of rotatable bonds is 14. The third-order valence-corrected chi connectivity index (χ3v) is 12.5. The van der Waals surface area contributed by atoms with Crippen molar-refractivity contribution in [3.8, 4) is 0 Å². The number of Topliss-reactive ketones (excluding diaryl/α,β-unsaturated/α-hetero) is 4. The predicted octanol–water partition coefficient (Wildman–Crippen LogP) is 9.10. The molecule has 2 saturated carbocycles. The quantitative estimate of drug-likeness (QED) is 0.120. The van der Waals surface area contributed by atoms with Crippen LogP contribution >= 0.6 is 0 Å². The molecule has 2 aromatic carbocycles. The summed E-state index contributed by atoms with van der Waals surface area (Å²) in [5, 5.41) is 5.76. The van der Waals surface area contributed by atoms with E-state index in [1.165, 1.54) is 0 Å². The maximum absolute atomic E-state index is 12.9. The molecule has 4 aromatic rings. The minimum absolute atomic E-state index is 0.0167. The number of fused-ring (bicyclic) bond motifs is 2. The van der Waals surface area contributed by atoms with Crippen molar-refractivity contribution < 1.29 is 28.8 Å². The first kappa shape index (κ1) is 40.6. The Morgan fingerprint density at radius 3 is 1.34 bits per heavy atom. The normalized spacial score (nSPS) is 20.7. The highest BCUT2D eigenvalue weighted by molar-refractivity contribution is 6.02. The van der Waals surface area contributed by atoms with Crippen molar-refractivity contribution in [1.29, 1.82) is 0 Å². The van der Waals surface area contributed by atoms with Crippen LogP contribution in [0.2, 0.25) is 0 Å². The molecule has 10 nitrogen and oxygen atoms in total. The van der Waals surface area contributed by atoms with Crippen molar-refractivity contribution in [2.24, 2.45) is 23.7 Å². The molecule has 6 atom stereocenters. The largest absolute Gasteiger partial charge is 0.326 e. The molecule has 2 fully saturated rings. The van der Waals surface area contributed by atoms with E-state index in [1.807, 2.05) is 62.4 Å². The number of nitrogens with one attached hydrogen (secondary N) is 2. The summed E-state index contributed by atoms with van der Waals surface area (Å²) in [5.41, 5.74) is 8.85. The lowest BCUT2D eigenvalue weighted by molar-refractivity contribution is -0.115. The van der Waals surface area contributed by atoms with Crippen LogP contribution in [0.15, 0.2) is 60.7 Å². The summed E-state index contributed by atoms with van der Waals surface area (Å²) in [4.78, 5) is 83.4. The number of hydrogen-bond acceptors (Lipinski definition) is 8. The Balaban J connectivity index is 0.000000177. The summed E-state index contributed by atoms with van der Waals surface area (Å²) in [6, 6.07) is 18.6. The van der Waals surface area contributed by atoms with Gasteiger partial charge in [0.1, 0.15) is 11.4 Å². The molecule has 0 spiro atoms. The lowest BCUT2D eigenvalue weighted by Gasteiger charge is -2.17. The number of amides is 2. The molecule has 4 heterocycles. The molecule has 2 N–H and O–H groups in total. The summed E-state index contributed by atoms with van der Waals surface area (Å²) < 4.78 is 0. The highest BCUT2D eigenvalue weighted by Crippen LogP contribution is 2.43. The van der Waals surface area contributed by atoms with E-state index in [1.54, 1.807) is 26.0 Å². The second kappa shape index (κ2) is 16.7. The highest BCUT2D eigenvalue weighted by atomic mass is 16.2. The van der Waals surface area contributed by atoms with Gasteiger partial charge in [-0.1, -0.05) is 65.8 Å². The maximum atomic E-state index is 12.9. The van der Waals surface area contributed by atoms with Crippen molar-refractivity contribution in [2.75, 3.05) is 10.6 Å². The number of pyridine rings is 2. The topological polar surface area (TPSA) is 152 Å². The molecule has 2 amide bonds. The van der Waals surface area contributed by atoms with E-state index in [2.05, 4.69) is 34.4 Å². The zero-order valence-corrected chi connectivity index (χ0v) is 34.2. The number of benzene rings is 2. The third-order valence-electron chi connectivity index (χ3n) is 12.5. The molecule has 8 rings (SSSR count). The van der Waals surface area contributed by atoms with Crippen LogP contribution in [0.3, 0.4) is 0 Å². The van der Waals surface area contributed by atoms with Gasteiger partial charge in [-0.2, -0.15) is 0 Å². The van der Waals surface area contributed by atoms with E-state index >= 15 is 0 Å². The monoisotopic (exact) mass is 780 g/mol. The van der Waals surface area contributed by atoms with Gasteiger partial charge in [0.05, 0.1) is 12.8 Å². The van der Waals surface area contributed by atoms with Crippen LogP contribution in [-0.2, 0) is 22.4 Å². The molecule has 2 aromatic heterocycles. The molecular weight excluding hydrogens is 729 g/mol. The molecule has 2 aliphatic carbocycles. The molecular formula is C48H52N4O6. The first-order valence-electron chi connectivity index (χ1n) is 20.7. The van der Waals surface area contributed by atoms with Gasteiger partial charge >= 0.3 is 0 Å². The van der Waals surface area contributed by atoms with Crippen LogP contribution in [0.5, 0.6) is 0 Å². The van der Waals surface area contributed by atoms with E-state index in [-0.39, 0.29) is 46.8 Å². The first-order valence-corrected chi connectivity index (χ1v) is 20.7. The number of anilines is 2. The van der Waals surface area contributed by atoms with Crippen molar-refractivity contribution in [3.63, 3.8) is 0 Å². The van der Waals surface area contributed by atoms with E-state index in [4.69, 9.17) is 0 Å². The van der Waals surface area contributed by atoms with Gasteiger partial charge in [-0.15, -0.1) is 0 Å². The lowest BCUT2D eigenvalue weighted by atomic mass is 9.90. The second-order valence-corrected chi connectivity index (χ2v) is 16.7. The van der Waals surface area contributed by atoms with Gasteiger partial charge in [-0.3, -0.25) is 28.8 Å². The molecule has 4 aliphatic rings.